The maximum atomic E-state index is 12.5. The van der Waals surface area contributed by atoms with E-state index in [1.807, 2.05) is 19.9 Å². The second-order valence-electron chi connectivity index (χ2n) is 4.97. The number of nitrogens with one attached hydrogen (secondary N) is 1. The first kappa shape index (κ1) is 13.9. The van der Waals surface area contributed by atoms with Crippen LogP contribution < -0.4 is 9.46 Å². The van der Waals surface area contributed by atoms with Crippen molar-refractivity contribution in [3.8, 4) is 5.75 Å². The van der Waals surface area contributed by atoms with Gasteiger partial charge in [-0.3, -0.25) is 0 Å². The number of ether oxygens (including phenoxy) is 1. The molecule has 0 amide bonds. The van der Waals surface area contributed by atoms with Gasteiger partial charge in [-0.25, -0.2) is 18.1 Å². The third kappa shape index (κ3) is 2.61. The van der Waals surface area contributed by atoms with Crippen molar-refractivity contribution >= 4 is 16.0 Å². The zero-order valence-electron chi connectivity index (χ0n) is 11.8. The predicted molar refractivity (Wildman–Crippen MR) is 76.9 cm³/mol. The van der Waals surface area contributed by atoms with Crippen molar-refractivity contribution in [1.29, 1.82) is 0 Å². The molecule has 1 atom stereocenters. The van der Waals surface area contributed by atoms with Crippen LogP contribution in [-0.2, 0) is 22.9 Å². The average molecular weight is 308 g/mol. The summed E-state index contributed by atoms with van der Waals surface area (Å²) in [5.41, 5.74) is 0.895. The summed E-state index contributed by atoms with van der Waals surface area (Å²) in [5.74, 6) is 1.04. The van der Waals surface area contributed by atoms with E-state index in [0.29, 0.717) is 24.4 Å². The highest BCUT2D eigenvalue weighted by atomic mass is 32.2. The molecule has 1 aliphatic rings. The number of aromatic nitrogens is 1. The van der Waals surface area contributed by atoms with Gasteiger partial charge in [0.1, 0.15) is 22.5 Å². The fourth-order valence-electron chi connectivity index (χ4n) is 2.31. The van der Waals surface area contributed by atoms with E-state index in [0.717, 1.165) is 5.56 Å². The lowest BCUT2D eigenvalue weighted by Gasteiger charge is -2.10. The van der Waals surface area contributed by atoms with Gasteiger partial charge in [0, 0.05) is 12.8 Å². The Labute approximate surface area is 123 Å². The van der Waals surface area contributed by atoms with Gasteiger partial charge in [0.05, 0.1) is 6.20 Å². The first-order valence-electron chi connectivity index (χ1n) is 6.75. The fraction of sp³-hybridized carbons (Fsp3) is 0.357. The van der Waals surface area contributed by atoms with Gasteiger partial charge in [-0.1, -0.05) is 19.1 Å². The van der Waals surface area contributed by atoms with E-state index >= 15 is 0 Å². The van der Waals surface area contributed by atoms with Crippen LogP contribution in [-0.4, -0.2) is 19.5 Å². The van der Waals surface area contributed by atoms with Gasteiger partial charge in [0.25, 0.3) is 10.0 Å². The van der Waals surface area contributed by atoms with Crippen LogP contribution in [0.2, 0.25) is 0 Å². The molecule has 0 saturated heterocycles. The van der Waals surface area contributed by atoms with Gasteiger partial charge in [-0.05, 0) is 18.6 Å². The summed E-state index contributed by atoms with van der Waals surface area (Å²) >= 11 is 0. The minimum Gasteiger partial charge on any atom is -0.489 e. The zero-order valence-corrected chi connectivity index (χ0v) is 12.6. The van der Waals surface area contributed by atoms with Crippen molar-refractivity contribution in [2.45, 2.75) is 37.7 Å². The molecular weight excluding hydrogens is 292 g/mol. The molecule has 6 nitrogen and oxygen atoms in total. The van der Waals surface area contributed by atoms with Gasteiger partial charge in [-0.2, -0.15) is 0 Å². The molecule has 3 rings (SSSR count). The van der Waals surface area contributed by atoms with Crippen molar-refractivity contribution in [2.75, 3.05) is 4.72 Å². The molecule has 7 heteroatoms. The fourth-order valence-corrected chi connectivity index (χ4v) is 3.42. The molecule has 21 heavy (non-hydrogen) atoms. The normalized spacial score (nSPS) is 17.3. The Kier molecular flexibility index (Phi) is 3.36. The molecule has 0 radical (unpaired) electrons. The Bertz CT molecular complexity index is 767. The van der Waals surface area contributed by atoms with Crippen LogP contribution in [0, 0.1) is 0 Å². The van der Waals surface area contributed by atoms with Crippen LogP contribution in [0.15, 0.2) is 33.7 Å². The van der Waals surface area contributed by atoms with Crippen LogP contribution in [0.4, 0.5) is 6.01 Å². The number of anilines is 1. The second-order valence-corrected chi connectivity index (χ2v) is 6.62. The molecular formula is C14H16N2O4S. The molecule has 1 aliphatic heterocycles. The highest BCUT2D eigenvalue weighted by molar-refractivity contribution is 7.92. The second kappa shape index (κ2) is 5.07. The number of rotatable bonds is 4. The van der Waals surface area contributed by atoms with Crippen molar-refractivity contribution in [3.63, 3.8) is 0 Å². The lowest BCUT2D eigenvalue weighted by atomic mass is 10.1. The molecule has 2 heterocycles. The molecule has 0 aliphatic carbocycles. The molecule has 0 bridgehead atoms. The smallest absolute Gasteiger partial charge is 0.309 e. The lowest BCUT2D eigenvalue weighted by Crippen LogP contribution is -2.14. The number of hydrogen-bond acceptors (Lipinski definition) is 5. The Morgan fingerprint density at radius 3 is 2.95 bits per heavy atom. The first-order valence-corrected chi connectivity index (χ1v) is 8.24. The van der Waals surface area contributed by atoms with E-state index in [1.54, 1.807) is 6.07 Å². The lowest BCUT2D eigenvalue weighted by molar-refractivity contribution is 0.249. The molecule has 1 N–H and O–H groups in total. The van der Waals surface area contributed by atoms with E-state index < -0.39 is 10.0 Å². The summed E-state index contributed by atoms with van der Waals surface area (Å²) in [4.78, 5) is 4.02. The topological polar surface area (TPSA) is 81.4 Å². The third-order valence-electron chi connectivity index (χ3n) is 3.30. The van der Waals surface area contributed by atoms with Crippen LogP contribution in [0.25, 0.3) is 0 Å². The summed E-state index contributed by atoms with van der Waals surface area (Å²) in [6.45, 7) is 3.81. The predicted octanol–water partition coefficient (Wildman–Crippen LogP) is 2.36. The third-order valence-corrected chi connectivity index (χ3v) is 4.64. The van der Waals surface area contributed by atoms with E-state index in [-0.39, 0.29) is 17.0 Å². The minimum atomic E-state index is -3.79. The van der Waals surface area contributed by atoms with Crippen LogP contribution in [0.1, 0.15) is 25.2 Å². The zero-order chi connectivity index (χ0) is 15.0. The maximum Gasteiger partial charge on any atom is 0.309 e. The largest absolute Gasteiger partial charge is 0.489 e. The number of oxazole rings is 1. The molecule has 1 aromatic heterocycles. The number of para-hydroxylation sites is 1. The summed E-state index contributed by atoms with van der Waals surface area (Å²) in [7, 11) is -3.79. The van der Waals surface area contributed by atoms with Crippen molar-refractivity contribution in [2.24, 2.45) is 0 Å². The monoisotopic (exact) mass is 308 g/mol. The highest BCUT2D eigenvalue weighted by Gasteiger charge is 2.29. The summed E-state index contributed by atoms with van der Waals surface area (Å²) in [5, 5.41) is 0. The Morgan fingerprint density at radius 2 is 2.24 bits per heavy atom. The minimum absolute atomic E-state index is 0.0234. The van der Waals surface area contributed by atoms with Crippen molar-refractivity contribution < 1.29 is 17.6 Å². The number of nitrogens with zero attached hydrogens (tertiary/aromatic N) is 1. The van der Waals surface area contributed by atoms with Gasteiger partial charge in [-0.15, -0.1) is 0 Å². The maximum absolute atomic E-state index is 12.5. The average Bonchev–Trinajstić information content (AvgIpc) is 3.02. The molecule has 1 unspecified atom stereocenters. The number of aryl methyl sites for hydroxylation is 1. The number of fused-ring (bicyclic) bond motifs is 1. The van der Waals surface area contributed by atoms with Gasteiger partial charge < -0.3 is 9.15 Å². The SMILES string of the molecule is CCc1cnc(NS(=O)(=O)c2cccc3c2OC(C)C3)o1. The van der Waals surface area contributed by atoms with Crippen LogP contribution >= 0.6 is 0 Å². The van der Waals surface area contributed by atoms with Gasteiger partial charge in [0.15, 0.2) is 0 Å². The Morgan fingerprint density at radius 1 is 1.43 bits per heavy atom. The Hall–Kier alpha value is -2.02. The van der Waals surface area contributed by atoms with E-state index in [4.69, 9.17) is 9.15 Å². The highest BCUT2D eigenvalue weighted by Crippen LogP contribution is 2.35. The number of benzene rings is 1. The molecule has 2 aromatic rings. The molecule has 112 valence electrons. The van der Waals surface area contributed by atoms with E-state index in [1.165, 1.54) is 12.3 Å². The molecule has 0 spiro atoms. The summed E-state index contributed by atoms with van der Waals surface area (Å²) in [6.07, 6.45) is 2.84. The van der Waals surface area contributed by atoms with E-state index in [2.05, 4.69) is 9.71 Å². The van der Waals surface area contributed by atoms with E-state index in [9.17, 15) is 8.42 Å². The van der Waals surface area contributed by atoms with Crippen LogP contribution in [0.5, 0.6) is 5.75 Å². The first-order chi connectivity index (χ1) is 9.99. The summed E-state index contributed by atoms with van der Waals surface area (Å²) in [6, 6.07) is 5.07. The Balaban J connectivity index is 1.94. The quantitative estimate of drug-likeness (QED) is 0.937. The number of sulfonamides is 1. The molecule has 1 aromatic carbocycles. The number of hydrogen-bond donors (Lipinski definition) is 1. The van der Waals surface area contributed by atoms with Gasteiger partial charge >= 0.3 is 6.01 Å². The molecule has 0 saturated carbocycles. The van der Waals surface area contributed by atoms with Crippen molar-refractivity contribution in [1.82, 2.24) is 4.98 Å². The van der Waals surface area contributed by atoms with Gasteiger partial charge in [0.2, 0.25) is 0 Å². The van der Waals surface area contributed by atoms with Crippen molar-refractivity contribution in [3.05, 3.63) is 35.7 Å². The molecule has 0 fully saturated rings. The standard InChI is InChI=1S/C14H16N2O4S/c1-3-11-8-15-14(20-11)16-21(17,18)12-6-4-5-10-7-9(2)19-13(10)12/h4-6,8-9H,3,7H2,1-2H3,(H,15,16). The summed E-state index contributed by atoms with van der Waals surface area (Å²) < 4.78 is 38.2. The van der Waals surface area contributed by atoms with Crippen LogP contribution in [0.3, 0.4) is 0 Å².